The lowest BCUT2D eigenvalue weighted by Gasteiger charge is -2.13. The Balaban J connectivity index is 2.27. The van der Waals surface area contributed by atoms with Crippen LogP contribution in [0.5, 0.6) is 0 Å². The first-order valence-electron chi connectivity index (χ1n) is 5.89. The maximum atomic E-state index is 5.90. The second-order valence-corrected chi connectivity index (χ2v) is 5.06. The molecule has 1 heterocycles. The standard InChI is InChI=1S/C12H20N4/c1-6(2)11-15-10(13)8(4)12(16-11)14-9-5-7(9)3/h6-7,9H,5H2,1-4H3,(H3,13,14,15,16). The molecule has 0 spiro atoms. The predicted octanol–water partition coefficient (Wildman–Crippen LogP) is 2.31. The van der Waals surface area contributed by atoms with Crippen molar-refractivity contribution in [2.75, 3.05) is 11.1 Å². The van der Waals surface area contributed by atoms with Gasteiger partial charge in [-0.2, -0.15) is 0 Å². The average molecular weight is 220 g/mol. The van der Waals surface area contributed by atoms with Crippen LogP contribution < -0.4 is 11.1 Å². The number of rotatable bonds is 3. The Kier molecular flexibility index (Phi) is 2.74. The normalized spacial score (nSPS) is 23.6. The molecule has 1 aliphatic carbocycles. The van der Waals surface area contributed by atoms with E-state index in [1.54, 1.807) is 0 Å². The first-order valence-corrected chi connectivity index (χ1v) is 5.89. The lowest BCUT2D eigenvalue weighted by molar-refractivity contribution is 0.773. The maximum Gasteiger partial charge on any atom is 0.135 e. The number of nitrogen functional groups attached to an aromatic ring is 1. The molecule has 88 valence electrons. The molecule has 1 aromatic heterocycles. The van der Waals surface area contributed by atoms with Crippen molar-refractivity contribution in [3.63, 3.8) is 0 Å². The van der Waals surface area contributed by atoms with Crippen LogP contribution >= 0.6 is 0 Å². The van der Waals surface area contributed by atoms with Crippen molar-refractivity contribution in [3.05, 3.63) is 11.4 Å². The zero-order valence-corrected chi connectivity index (χ0v) is 10.4. The molecule has 0 amide bonds. The van der Waals surface area contributed by atoms with E-state index in [2.05, 4.69) is 36.1 Å². The molecular weight excluding hydrogens is 200 g/mol. The van der Waals surface area contributed by atoms with Crippen LogP contribution in [0.15, 0.2) is 0 Å². The SMILES string of the molecule is Cc1c(N)nc(C(C)C)nc1NC1CC1C. The summed E-state index contributed by atoms with van der Waals surface area (Å²) in [6.07, 6.45) is 1.22. The molecule has 1 fully saturated rings. The van der Waals surface area contributed by atoms with E-state index in [4.69, 9.17) is 5.73 Å². The molecule has 2 unspecified atom stereocenters. The lowest BCUT2D eigenvalue weighted by atomic mass is 10.2. The van der Waals surface area contributed by atoms with Crippen LogP contribution in [0.2, 0.25) is 0 Å². The van der Waals surface area contributed by atoms with E-state index in [1.165, 1.54) is 6.42 Å². The molecule has 3 N–H and O–H groups in total. The van der Waals surface area contributed by atoms with Crippen molar-refractivity contribution in [2.24, 2.45) is 5.92 Å². The Morgan fingerprint density at radius 1 is 1.38 bits per heavy atom. The molecule has 0 saturated heterocycles. The number of aromatic nitrogens is 2. The first-order chi connectivity index (χ1) is 7.49. The third-order valence-corrected chi connectivity index (χ3v) is 3.15. The van der Waals surface area contributed by atoms with Crippen molar-refractivity contribution in [3.8, 4) is 0 Å². The van der Waals surface area contributed by atoms with Gasteiger partial charge in [-0.25, -0.2) is 9.97 Å². The van der Waals surface area contributed by atoms with Crippen molar-refractivity contribution in [2.45, 2.75) is 46.1 Å². The Hall–Kier alpha value is -1.32. The highest BCUT2D eigenvalue weighted by atomic mass is 15.1. The minimum absolute atomic E-state index is 0.306. The molecule has 0 bridgehead atoms. The smallest absolute Gasteiger partial charge is 0.135 e. The first kappa shape index (κ1) is 11.2. The van der Waals surface area contributed by atoms with Crippen molar-refractivity contribution in [1.29, 1.82) is 0 Å². The van der Waals surface area contributed by atoms with Crippen molar-refractivity contribution >= 4 is 11.6 Å². The molecular formula is C12H20N4. The van der Waals surface area contributed by atoms with Gasteiger partial charge in [-0.1, -0.05) is 20.8 Å². The summed E-state index contributed by atoms with van der Waals surface area (Å²) in [5.41, 5.74) is 6.86. The van der Waals surface area contributed by atoms with Crippen LogP contribution in [0.3, 0.4) is 0 Å². The van der Waals surface area contributed by atoms with Gasteiger partial charge < -0.3 is 11.1 Å². The van der Waals surface area contributed by atoms with Crippen LogP contribution in [0.1, 0.15) is 44.5 Å². The minimum Gasteiger partial charge on any atom is -0.383 e. The van der Waals surface area contributed by atoms with E-state index in [0.29, 0.717) is 17.8 Å². The molecule has 0 aromatic carbocycles. The predicted molar refractivity (Wildman–Crippen MR) is 66.5 cm³/mol. The van der Waals surface area contributed by atoms with Crippen molar-refractivity contribution < 1.29 is 0 Å². The van der Waals surface area contributed by atoms with Gasteiger partial charge in [0.25, 0.3) is 0 Å². The largest absolute Gasteiger partial charge is 0.383 e. The number of nitrogens with one attached hydrogen (secondary N) is 1. The Labute approximate surface area is 96.7 Å². The molecule has 4 heteroatoms. The monoisotopic (exact) mass is 220 g/mol. The van der Waals surface area contributed by atoms with E-state index in [0.717, 1.165) is 23.1 Å². The van der Waals surface area contributed by atoms with E-state index >= 15 is 0 Å². The quantitative estimate of drug-likeness (QED) is 0.820. The summed E-state index contributed by atoms with van der Waals surface area (Å²) in [5, 5.41) is 3.44. The third kappa shape index (κ3) is 2.10. The maximum absolute atomic E-state index is 5.90. The number of hydrogen-bond donors (Lipinski definition) is 2. The molecule has 0 radical (unpaired) electrons. The zero-order chi connectivity index (χ0) is 11.9. The van der Waals surface area contributed by atoms with Gasteiger partial charge in [0.05, 0.1) is 0 Å². The van der Waals surface area contributed by atoms with Crippen LogP contribution in [-0.2, 0) is 0 Å². The van der Waals surface area contributed by atoms with E-state index in [9.17, 15) is 0 Å². The lowest BCUT2D eigenvalue weighted by Crippen LogP contribution is -2.12. The number of nitrogens with two attached hydrogens (primary N) is 1. The van der Waals surface area contributed by atoms with Gasteiger partial charge in [-0.3, -0.25) is 0 Å². The summed E-state index contributed by atoms with van der Waals surface area (Å²) in [7, 11) is 0. The van der Waals surface area contributed by atoms with Gasteiger partial charge >= 0.3 is 0 Å². The van der Waals surface area contributed by atoms with Gasteiger partial charge in [0.15, 0.2) is 0 Å². The highest BCUT2D eigenvalue weighted by Crippen LogP contribution is 2.33. The van der Waals surface area contributed by atoms with Crippen LogP contribution in [-0.4, -0.2) is 16.0 Å². The fourth-order valence-corrected chi connectivity index (χ4v) is 1.65. The average Bonchev–Trinajstić information content (AvgIpc) is 2.89. The van der Waals surface area contributed by atoms with Crippen LogP contribution in [0.4, 0.5) is 11.6 Å². The zero-order valence-electron chi connectivity index (χ0n) is 10.4. The molecule has 0 aliphatic heterocycles. The van der Waals surface area contributed by atoms with E-state index in [1.807, 2.05) is 6.92 Å². The summed E-state index contributed by atoms with van der Waals surface area (Å²) >= 11 is 0. The van der Waals surface area contributed by atoms with Crippen molar-refractivity contribution in [1.82, 2.24) is 9.97 Å². The molecule has 1 aromatic rings. The topological polar surface area (TPSA) is 63.8 Å². The second kappa shape index (κ2) is 3.92. The second-order valence-electron chi connectivity index (χ2n) is 5.06. The highest BCUT2D eigenvalue weighted by Gasteiger charge is 2.33. The fraction of sp³-hybridized carbons (Fsp3) is 0.667. The van der Waals surface area contributed by atoms with Gasteiger partial charge in [0, 0.05) is 17.5 Å². The van der Waals surface area contributed by atoms with Crippen LogP contribution in [0.25, 0.3) is 0 Å². The Morgan fingerprint density at radius 3 is 2.50 bits per heavy atom. The number of hydrogen-bond acceptors (Lipinski definition) is 4. The highest BCUT2D eigenvalue weighted by molar-refractivity contribution is 5.56. The number of nitrogens with zero attached hydrogens (tertiary/aromatic N) is 2. The summed E-state index contributed by atoms with van der Waals surface area (Å²) < 4.78 is 0. The molecule has 2 rings (SSSR count). The third-order valence-electron chi connectivity index (χ3n) is 3.15. The summed E-state index contributed by atoms with van der Waals surface area (Å²) in [4.78, 5) is 8.85. The van der Waals surface area contributed by atoms with Gasteiger partial charge in [-0.15, -0.1) is 0 Å². The molecule has 1 saturated carbocycles. The Morgan fingerprint density at radius 2 is 2.00 bits per heavy atom. The summed E-state index contributed by atoms with van der Waals surface area (Å²) in [5.74, 6) is 3.37. The van der Waals surface area contributed by atoms with Crippen LogP contribution in [0, 0.1) is 12.8 Å². The molecule has 4 nitrogen and oxygen atoms in total. The summed E-state index contributed by atoms with van der Waals surface area (Å²) in [6, 6.07) is 0.563. The molecule has 2 atom stereocenters. The molecule has 1 aliphatic rings. The Bertz CT molecular complexity index is 400. The van der Waals surface area contributed by atoms with E-state index in [-0.39, 0.29) is 0 Å². The minimum atomic E-state index is 0.306. The summed E-state index contributed by atoms with van der Waals surface area (Å²) in [6.45, 7) is 8.36. The van der Waals surface area contributed by atoms with E-state index < -0.39 is 0 Å². The van der Waals surface area contributed by atoms with Gasteiger partial charge in [0.1, 0.15) is 17.5 Å². The molecule has 16 heavy (non-hydrogen) atoms. The number of anilines is 2. The fourth-order valence-electron chi connectivity index (χ4n) is 1.65. The van der Waals surface area contributed by atoms with Gasteiger partial charge in [-0.05, 0) is 19.3 Å². The van der Waals surface area contributed by atoms with Gasteiger partial charge in [0.2, 0.25) is 0 Å².